The number of benzene rings is 2. The van der Waals surface area contributed by atoms with E-state index in [0.717, 1.165) is 17.2 Å². The molecule has 0 aromatic heterocycles. The molecule has 0 radical (unpaired) electrons. The van der Waals surface area contributed by atoms with Crippen LogP contribution in [0.2, 0.25) is 0 Å². The molecular formula is C19H18F3NO2. The fourth-order valence-corrected chi connectivity index (χ4v) is 3.27. The van der Waals surface area contributed by atoms with Gasteiger partial charge >= 0.3 is 6.18 Å². The fraction of sp³-hybridized carbons (Fsp3) is 0.316. The van der Waals surface area contributed by atoms with Crippen molar-refractivity contribution < 1.29 is 22.7 Å². The van der Waals surface area contributed by atoms with Crippen LogP contribution in [0.4, 0.5) is 13.2 Å². The average molecular weight is 349 g/mol. The van der Waals surface area contributed by atoms with Crippen LogP contribution in [0.3, 0.4) is 0 Å². The average Bonchev–Trinajstić information content (AvgIpc) is 2.98. The second-order valence-corrected chi connectivity index (χ2v) is 6.24. The summed E-state index contributed by atoms with van der Waals surface area (Å²) < 4.78 is 44.8. The van der Waals surface area contributed by atoms with Crippen LogP contribution in [0.5, 0.6) is 0 Å². The van der Waals surface area contributed by atoms with Crippen molar-refractivity contribution in [3.05, 3.63) is 70.8 Å². The number of halogens is 3. The van der Waals surface area contributed by atoms with Crippen molar-refractivity contribution in [1.29, 1.82) is 0 Å². The molecule has 25 heavy (non-hydrogen) atoms. The summed E-state index contributed by atoms with van der Waals surface area (Å²) in [6.07, 6.45) is -3.35. The molecule has 0 saturated carbocycles. The third-order valence-electron chi connectivity index (χ3n) is 4.62. The summed E-state index contributed by atoms with van der Waals surface area (Å²) in [5, 5.41) is 2.62. The zero-order valence-electron chi connectivity index (χ0n) is 13.7. The van der Waals surface area contributed by atoms with Crippen molar-refractivity contribution in [3.8, 4) is 0 Å². The minimum Gasteiger partial charge on any atom is -0.376 e. The Bertz CT molecular complexity index is 761. The van der Waals surface area contributed by atoms with Gasteiger partial charge in [0, 0.05) is 26.5 Å². The van der Waals surface area contributed by atoms with Gasteiger partial charge in [0.2, 0.25) is 0 Å². The first kappa shape index (κ1) is 17.5. The van der Waals surface area contributed by atoms with Crippen LogP contribution in [0.15, 0.2) is 48.5 Å². The number of carbonyl (C=O) groups excluding carboxylic acids is 1. The third kappa shape index (κ3) is 3.54. The van der Waals surface area contributed by atoms with Gasteiger partial charge in [-0.3, -0.25) is 4.79 Å². The SMILES string of the molecule is COC1(CNC(=O)c2ccccc2C(F)(F)F)Cc2ccccc2C1. The van der Waals surface area contributed by atoms with Crippen LogP contribution in [0.25, 0.3) is 0 Å². The van der Waals surface area contributed by atoms with Crippen molar-refractivity contribution in [2.75, 3.05) is 13.7 Å². The second-order valence-electron chi connectivity index (χ2n) is 6.24. The van der Waals surface area contributed by atoms with Gasteiger partial charge in [0.15, 0.2) is 0 Å². The van der Waals surface area contributed by atoms with E-state index in [1.165, 1.54) is 18.2 Å². The van der Waals surface area contributed by atoms with Crippen LogP contribution < -0.4 is 5.32 Å². The Morgan fingerprint density at radius 3 is 2.20 bits per heavy atom. The third-order valence-corrected chi connectivity index (χ3v) is 4.62. The quantitative estimate of drug-likeness (QED) is 0.916. The first-order chi connectivity index (χ1) is 11.8. The predicted octanol–water partition coefficient (Wildman–Crippen LogP) is 3.62. The Hall–Kier alpha value is -2.34. The maximum atomic E-state index is 13.1. The van der Waals surface area contributed by atoms with Gasteiger partial charge in [0.05, 0.1) is 16.7 Å². The Morgan fingerprint density at radius 2 is 1.64 bits per heavy atom. The molecule has 3 nitrogen and oxygen atoms in total. The molecule has 0 fully saturated rings. The Balaban J connectivity index is 1.75. The van der Waals surface area contributed by atoms with E-state index in [0.29, 0.717) is 12.8 Å². The molecule has 0 aliphatic heterocycles. The minimum atomic E-state index is -4.57. The summed E-state index contributed by atoms with van der Waals surface area (Å²) in [6, 6.07) is 12.6. The van der Waals surface area contributed by atoms with E-state index in [2.05, 4.69) is 5.32 Å². The van der Waals surface area contributed by atoms with E-state index in [4.69, 9.17) is 4.74 Å². The van der Waals surface area contributed by atoms with Crippen LogP contribution in [-0.4, -0.2) is 25.2 Å². The van der Waals surface area contributed by atoms with E-state index >= 15 is 0 Å². The maximum Gasteiger partial charge on any atom is 0.417 e. The molecule has 0 saturated heterocycles. The molecule has 2 aromatic carbocycles. The highest BCUT2D eigenvalue weighted by Gasteiger charge is 2.39. The molecule has 1 aliphatic rings. The van der Waals surface area contributed by atoms with Crippen molar-refractivity contribution >= 4 is 5.91 Å². The summed E-state index contributed by atoms with van der Waals surface area (Å²) in [6.45, 7) is 0.142. The van der Waals surface area contributed by atoms with Gasteiger partial charge in [-0.2, -0.15) is 13.2 Å². The van der Waals surface area contributed by atoms with E-state index in [9.17, 15) is 18.0 Å². The summed E-state index contributed by atoms with van der Waals surface area (Å²) in [7, 11) is 1.56. The number of fused-ring (bicyclic) bond motifs is 1. The van der Waals surface area contributed by atoms with Gasteiger partial charge in [-0.1, -0.05) is 36.4 Å². The molecule has 1 amide bonds. The number of methoxy groups -OCH3 is 1. The van der Waals surface area contributed by atoms with Gasteiger partial charge in [-0.05, 0) is 23.3 Å². The lowest BCUT2D eigenvalue weighted by Gasteiger charge is -2.28. The van der Waals surface area contributed by atoms with E-state index < -0.39 is 23.2 Å². The number of hydrogen-bond acceptors (Lipinski definition) is 2. The monoisotopic (exact) mass is 349 g/mol. The van der Waals surface area contributed by atoms with E-state index in [1.54, 1.807) is 7.11 Å². The zero-order valence-corrected chi connectivity index (χ0v) is 13.7. The van der Waals surface area contributed by atoms with E-state index in [1.807, 2.05) is 24.3 Å². The van der Waals surface area contributed by atoms with Crippen LogP contribution in [-0.2, 0) is 23.8 Å². The number of amides is 1. The molecule has 3 rings (SSSR count). The second kappa shape index (κ2) is 6.52. The highest BCUT2D eigenvalue weighted by molar-refractivity contribution is 5.95. The number of alkyl halides is 3. The van der Waals surface area contributed by atoms with Crippen molar-refractivity contribution in [3.63, 3.8) is 0 Å². The number of ether oxygens (including phenoxy) is 1. The summed E-state index contributed by atoms with van der Waals surface area (Å²) in [4.78, 5) is 12.3. The van der Waals surface area contributed by atoms with Gasteiger partial charge in [-0.25, -0.2) is 0 Å². The van der Waals surface area contributed by atoms with Crippen LogP contribution >= 0.6 is 0 Å². The maximum absolute atomic E-state index is 13.1. The number of rotatable bonds is 4. The lowest BCUT2D eigenvalue weighted by atomic mass is 9.99. The van der Waals surface area contributed by atoms with Crippen LogP contribution in [0, 0.1) is 0 Å². The minimum absolute atomic E-state index is 0.142. The summed E-state index contributed by atoms with van der Waals surface area (Å²) in [5.41, 5.74) is 0.320. The zero-order chi connectivity index (χ0) is 18.1. The molecule has 0 spiro atoms. The normalized spacial score (nSPS) is 15.7. The van der Waals surface area contributed by atoms with E-state index in [-0.39, 0.29) is 12.1 Å². The topological polar surface area (TPSA) is 38.3 Å². The Kier molecular flexibility index (Phi) is 4.56. The molecule has 132 valence electrons. The largest absolute Gasteiger partial charge is 0.417 e. The highest BCUT2D eigenvalue weighted by Crippen LogP contribution is 2.33. The first-order valence-corrected chi connectivity index (χ1v) is 7.91. The van der Waals surface area contributed by atoms with Crippen molar-refractivity contribution in [2.45, 2.75) is 24.6 Å². The molecule has 6 heteroatoms. The summed E-state index contributed by atoms with van der Waals surface area (Å²) >= 11 is 0. The first-order valence-electron chi connectivity index (χ1n) is 7.91. The van der Waals surface area contributed by atoms with Gasteiger partial charge < -0.3 is 10.1 Å². The van der Waals surface area contributed by atoms with Gasteiger partial charge in [0.25, 0.3) is 5.91 Å². The lowest BCUT2D eigenvalue weighted by Crippen LogP contribution is -2.45. The smallest absolute Gasteiger partial charge is 0.376 e. The molecular weight excluding hydrogens is 331 g/mol. The number of hydrogen-bond donors (Lipinski definition) is 1. The molecule has 1 N–H and O–H groups in total. The van der Waals surface area contributed by atoms with Crippen LogP contribution in [0.1, 0.15) is 27.0 Å². The molecule has 1 aliphatic carbocycles. The number of carbonyl (C=O) groups is 1. The molecule has 0 atom stereocenters. The Labute approximate surface area is 143 Å². The van der Waals surface area contributed by atoms with Gasteiger partial charge in [0.1, 0.15) is 0 Å². The van der Waals surface area contributed by atoms with Crippen molar-refractivity contribution in [1.82, 2.24) is 5.32 Å². The molecule has 0 bridgehead atoms. The lowest BCUT2D eigenvalue weighted by molar-refractivity contribution is -0.137. The Morgan fingerprint density at radius 1 is 1.08 bits per heavy atom. The van der Waals surface area contributed by atoms with Crippen molar-refractivity contribution in [2.24, 2.45) is 0 Å². The molecule has 2 aromatic rings. The highest BCUT2D eigenvalue weighted by atomic mass is 19.4. The standard InChI is InChI=1S/C19H18F3NO2/c1-25-18(10-13-6-2-3-7-14(13)11-18)12-23-17(24)15-8-4-5-9-16(15)19(20,21)22/h2-9H,10-12H2,1H3,(H,23,24). The summed E-state index contributed by atoms with van der Waals surface area (Å²) in [5.74, 6) is -0.750. The molecule has 0 heterocycles. The predicted molar refractivity (Wildman–Crippen MR) is 87.4 cm³/mol. The molecule has 0 unspecified atom stereocenters. The van der Waals surface area contributed by atoms with Gasteiger partial charge in [-0.15, -0.1) is 0 Å². The number of nitrogens with one attached hydrogen (secondary N) is 1. The fourth-order valence-electron chi connectivity index (χ4n) is 3.27.